The molecule has 0 N–H and O–H groups in total. The molecule has 0 aromatic heterocycles. The van der Waals surface area contributed by atoms with Crippen molar-refractivity contribution in [2.45, 2.75) is 38.6 Å². The van der Waals surface area contributed by atoms with Crippen LogP contribution in [0.2, 0.25) is 10.0 Å². The lowest BCUT2D eigenvalue weighted by Gasteiger charge is -2.35. The van der Waals surface area contributed by atoms with Gasteiger partial charge in [0.05, 0.1) is 11.7 Å². The maximum Gasteiger partial charge on any atom is 0.206 e. The second-order valence-electron chi connectivity index (χ2n) is 7.03. The smallest absolute Gasteiger partial charge is 0.206 e. The highest BCUT2D eigenvalue weighted by Crippen LogP contribution is 2.29. The third-order valence-corrected chi connectivity index (χ3v) is 5.41. The molecule has 1 aliphatic heterocycles. The van der Waals surface area contributed by atoms with Crippen molar-refractivity contribution in [3.63, 3.8) is 0 Å². The van der Waals surface area contributed by atoms with Crippen LogP contribution < -0.4 is 4.90 Å². The first-order valence-corrected chi connectivity index (χ1v) is 10.6. The lowest BCUT2D eigenvalue weighted by atomic mass is 10.1. The Labute approximate surface area is 178 Å². The zero-order valence-electron chi connectivity index (χ0n) is 16.3. The first kappa shape index (κ1) is 20.8. The van der Waals surface area contributed by atoms with Gasteiger partial charge in [-0.25, -0.2) is 4.99 Å². The molecule has 2 aromatic rings. The molecule has 28 heavy (non-hydrogen) atoms. The Morgan fingerprint density at radius 2 is 1.89 bits per heavy atom. The highest BCUT2D eigenvalue weighted by molar-refractivity contribution is 6.31. The molecule has 1 saturated heterocycles. The largest absolute Gasteiger partial charge is 0.342 e. The third-order valence-electron chi connectivity index (χ3n) is 4.94. The van der Waals surface area contributed by atoms with Crippen molar-refractivity contribution in [1.82, 2.24) is 4.90 Å². The molecule has 0 radical (unpaired) electrons. The molecule has 3 rings (SSSR count). The number of aliphatic imine (C=N–C) groups is 1. The molecule has 0 aliphatic carbocycles. The number of unbranched alkanes of at least 4 members (excludes halogenated alkanes) is 1. The molecular formula is C23H27Cl2N3. The van der Waals surface area contributed by atoms with Crippen molar-refractivity contribution >= 4 is 40.5 Å². The first-order chi connectivity index (χ1) is 13.6. The predicted octanol–water partition coefficient (Wildman–Crippen LogP) is 6.94. The summed E-state index contributed by atoms with van der Waals surface area (Å²) in [5.41, 5.74) is 1.88. The number of hydrogen-bond donors (Lipinski definition) is 0. The summed E-state index contributed by atoms with van der Waals surface area (Å²) in [6.07, 6.45) is 6.39. The maximum atomic E-state index is 6.32. The highest BCUT2D eigenvalue weighted by Gasteiger charge is 2.29. The minimum atomic E-state index is 0.156. The average molecular weight is 416 g/mol. The Morgan fingerprint density at radius 3 is 2.57 bits per heavy atom. The molecule has 2 aromatic carbocycles. The Balaban J connectivity index is 2.13. The van der Waals surface area contributed by atoms with Crippen LogP contribution in [-0.4, -0.2) is 30.0 Å². The molecule has 0 amide bonds. The molecule has 1 fully saturated rings. The minimum absolute atomic E-state index is 0.156. The van der Waals surface area contributed by atoms with Crippen molar-refractivity contribution in [1.29, 1.82) is 0 Å². The van der Waals surface area contributed by atoms with E-state index in [2.05, 4.69) is 29.4 Å². The van der Waals surface area contributed by atoms with Gasteiger partial charge in [-0.2, -0.15) is 0 Å². The van der Waals surface area contributed by atoms with E-state index in [-0.39, 0.29) is 6.04 Å². The molecule has 1 aliphatic rings. The van der Waals surface area contributed by atoms with Crippen LogP contribution in [0.3, 0.4) is 0 Å². The fourth-order valence-corrected chi connectivity index (χ4v) is 3.89. The van der Waals surface area contributed by atoms with Crippen molar-refractivity contribution in [3.8, 4) is 0 Å². The molecule has 1 unspecified atom stereocenters. The predicted molar refractivity (Wildman–Crippen MR) is 122 cm³/mol. The van der Waals surface area contributed by atoms with Gasteiger partial charge >= 0.3 is 0 Å². The quantitative estimate of drug-likeness (QED) is 0.475. The van der Waals surface area contributed by atoms with E-state index in [0.717, 1.165) is 56.1 Å². The minimum Gasteiger partial charge on any atom is -0.342 e. The monoisotopic (exact) mass is 415 g/mol. The number of anilines is 1. The number of hydrogen-bond acceptors (Lipinski definition) is 1. The van der Waals surface area contributed by atoms with Crippen LogP contribution in [0.25, 0.3) is 0 Å². The second-order valence-corrected chi connectivity index (χ2v) is 7.90. The van der Waals surface area contributed by atoms with E-state index in [0.29, 0.717) is 10.0 Å². The van der Waals surface area contributed by atoms with Gasteiger partial charge in [-0.1, -0.05) is 54.8 Å². The van der Waals surface area contributed by atoms with Gasteiger partial charge in [0.1, 0.15) is 0 Å². The standard InChI is InChI=1S/C23H27Cl2N3/c1-3-5-14-27-15-8-13-21(4-2)28(22-12-7-10-19(25)17-22)23(27)26-20-11-6-9-18(24)16-20/h4,6-7,9-12,16-17,21H,2-3,5,8,13-15H2,1H3. The molecular weight excluding hydrogens is 389 g/mol. The molecule has 0 spiro atoms. The van der Waals surface area contributed by atoms with E-state index in [1.54, 1.807) is 0 Å². The summed E-state index contributed by atoms with van der Waals surface area (Å²) < 4.78 is 0. The lowest BCUT2D eigenvalue weighted by molar-refractivity contribution is 0.404. The van der Waals surface area contributed by atoms with Crippen LogP contribution in [0.4, 0.5) is 11.4 Å². The highest BCUT2D eigenvalue weighted by atomic mass is 35.5. The van der Waals surface area contributed by atoms with Crippen molar-refractivity contribution in [2.24, 2.45) is 4.99 Å². The van der Waals surface area contributed by atoms with Crippen molar-refractivity contribution in [2.75, 3.05) is 18.0 Å². The van der Waals surface area contributed by atoms with E-state index >= 15 is 0 Å². The van der Waals surface area contributed by atoms with Crippen LogP contribution in [0.1, 0.15) is 32.6 Å². The summed E-state index contributed by atoms with van der Waals surface area (Å²) in [6, 6.07) is 15.8. The number of nitrogens with zero attached hydrogens (tertiary/aromatic N) is 3. The van der Waals surface area contributed by atoms with Crippen molar-refractivity contribution < 1.29 is 0 Å². The van der Waals surface area contributed by atoms with Crippen LogP contribution in [-0.2, 0) is 0 Å². The Bertz CT molecular complexity index is 834. The number of guanidine groups is 1. The molecule has 0 saturated carbocycles. The molecule has 148 valence electrons. The van der Waals surface area contributed by atoms with E-state index in [1.165, 1.54) is 0 Å². The molecule has 0 bridgehead atoms. The topological polar surface area (TPSA) is 18.8 Å². The summed E-state index contributed by atoms with van der Waals surface area (Å²) in [4.78, 5) is 9.70. The Morgan fingerprint density at radius 1 is 1.14 bits per heavy atom. The van der Waals surface area contributed by atoms with Gasteiger partial charge in [-0.05, 0) is 55.7 Å². The third kappa shape index (κ3) is 5.09. The second kappa shape index (κ2) is 9.99. The van der Waals surface area contributed by atoms with Crippen LogP contribution in [0.15, 0.2) is 66.2 Å². The number of benzene rings is 2. The molecule has 3 nitrogen and oxygen atoms in total. The fourth-order valence-electron chi connectivity index (χ4n) is 3.52. The van der Waals surface area contributed by atoms with Gasteiger partial charge in [0.2, 0.25) is 5.96 Å². The first-order valence-electron chi connectivity index (χ1n) is 9.89. The van der Waals surface area contributed by atoms with Crippen LogP contribution in [0, 0.1) is 0 Å². The number of halogens is 2. The van der Waals surface area contributed by atoms with Crippen molar-refractivity contribution in [3.05, 3.63) is 71.2 Å². The Hall–Kier alpha value is -1.97. The lowest BCUT2D eigenvalue weighted by Crippen LogP contribution is -2.47. The SMILES string of the molecule is C=CC1CCCN(CCCC)C(=Nc2cccc(Cl)c2)N1c1cccc(Cl)c1. The van der Waals surface area contributed by atoms with Gasteiger partial charge in [0, 0.05) is 28.8 Å². The zero-order chi connectivity index (χ0) is 19.9. The summed E-state index contributed by atoms with van der Waals surface area (Å²) in [5.74, 6) is 0.931. The number of rotatable bonds is 6. The summed E-state index contributed by atoms with van der Waals surface area (Å²) >= 11 is 12.5. The van der Waals surface area contributed by atoms with E-state index in [1.807, 2.05) is 48.5 Å². The molecule has 5 heteroatoms. The summed E-state index contributed by atoms with van der Waals surface area (Å²) in [5, 5.41) is 1.40. The van der Waals surface area contributed by atoms with Crippen LogP contribution >= 0.6 is 23.2 Å². The molecule has 1 atom stereocenters. The summed E-state index contributed by atoms with van der Waals surface area (Å²) in [7, 11) is 0. The van der Waals surface area contributed by atoms with Gasteiger partial charge in [0.15, 0.2) is 0 Å². The zero-order valence-corrected chi connectivity index (χ0v) is 17.8. The van der Waals surface area contributed by atoms with E-state index in [4.69, 9.17) is 28.2 Å². The maximum absolute atomic E-state index is 6.32. The fraction of sp³-hybridized carbons (Fsp3) is 0.348. The van der Waals surface area contributed by atoms with Gasteiger partial charge < -0.3 is 9.80 Å². The Kier molecular flexibility index (Phi) is 7.41. The van der Waals surface area contributed by atoms with E-state index < -0.39 is 0 Å². The average Bonchev–Trinajstić information content (AvgIpc) is 2.85. The van der Waals surface area contributed by atoms with Gasteiger partial charge in [0.25, 0.3) is 0 Å². The van der Waals surface area contributed by atoms with Gasteiger partial charge in [-0.3, -0.25) is 0 Å². The van der Waals surface area contributed by atoms with Crippen LogP contribution in [0.5, 0.6) is 0 Å². The summed E-state index contributed by atoms with van der Waals surface area (Å²) in [6.45, 7) is 8.25. The normalized spacial score (nSPS) is 19.0. The molecule has 1 heterocycles. The van der Waals surface area contributed by atoms with Gasteiger partial charge in [-0.15, -0.1) is 6.58 Å². The van der Waals surface area contributed by atoms with E-state index in [9.17, 15) is 0 Å².